The van der Waals surface area contributed by atoms with Gasteiger partial charge in [-0.25, -0.2) is 8.78 Å². The molecule has 0 aromatic carbocycles. The number of fused-ring (bicyclic) bond motifs is 1. The molecule has 0 spiro atoms. The van der Waals surface area contributed by atoms with Gasteiger partial charge < -0.3 is 4.74 Å². The van der Waals surface area contributed by atoms with Crippen LogP contribution in [0, 0.1) is 0 Å². The molecule has 3 atom stereocenters. The second kappa shape index (κ2) is 4.73. The van der Waals surface area contributed by atoms with Crippen LogP contribution in [0.3, 0.4) is 0 Å². The molecule has 0 N–H and O–H groups in total. The van der Waals surface area contributed by atoms with E-state index in [4.69, 9.17) is 0 Å². The minimum Gasteiger partial charge on any atom is -0.311 e. The maximum atomic E-state index is 14.7. The summed E-state index contributed by atoms with van der Waals surface area (Å²) in [6.45, 7) is 0. The van der Waals surface area contributed by atoms with Crippen LogP contribution in [-0.4, -0.2) is 50.8 Å². The molecule has 1 saturated heterocycles. The van der Waals surface area contributed by atoms with Crippen LogP contribution >= 0.6 is 34.8 Å². The molecule has 17 heteroatoms. The summed E-state index contributed by atoms with van der Waals surface area (Å²) in [7, 11) is 0. The molecule has 154 valence electrons. The molecule has 1 heterocycles. The van der Waals surface area contributed by atoms with Crippen molar-refractivity contribution >= 4 is 34.8 Å². The first-order valence-corrected chi connectivity index (χ1v) is 6.82. The van der Waals surface area contributed by atoms with E-state index in [0.717, 1.165) is 0 Å². The third-order valence-corrected chi connectivity index (χ3v) is 5.25. The van der Waals surface area contributed by atoms with E-state index in [-0.39, 0.29) is 0 Å². The van der Waals surface area contributed by atoms with Crippen LogP contribution in [0.2, 0.25) is 0 Å². The minimum absolute atomic E-state index is 3.10. The van der Waals surface area contributed by atoms with Gasteiger partial charge in [0.1, 0.15) is 0 Å². The molecule has 1 aliphatic heterocycles. The maximum absolute atomic E-state index is 14.7. The lowest BCUT2D eigenvalue weighted by Crippen LogP contribution is -2.75. The van der Waals surface area contributed by atoms with Gasteiger partial charge in [0.15, 0.2) is 0 Å². The minimum atomic E-state index is -7.45. The number of hydrogen-bond acceptors (Lipinski definition) is 1. The number of hydrogen-bond donors (Lipinski definition) is 0. The Morgan fingerprint density at radius 1 is 0.615 bits per heavy atom. The van der Waals surface area contributed by atoms with Crippen LogP contribution in [0.15, 0.2) is 0 Å². The van der Waals surface area contributed by atoms with Crippen molar-refractivity contribution in [3.05, 3.63) is 0 Å². The number of rotatable bonds is 1. The average molecular weight is 477 g/mol. The Morgan fingerprint density at radius 2 is 1.00 bits per heavy atom. The Labute approximate surface area is 148 Å². The quantitative estimate of drug-likeness (QED) is 0.352. The summed E-state index contributed by atoms with van der Waals surface area (Å²) < 4.78 is 173. The van der Waals surface area contributed by atoms with Crippen LogP contribution in [-0.2, 0) is 4.74 Å². The van der Waals surface area contributed by atoms with Gasteiger partial charge in [0.25, 0.3) is 20.9 Å². The average Bonchev–Trinajstić information content (AvgIpc) is 2.57. The van der Waals surface area contributed by atoms with Crippen LogP contribution in [0.1, 0.15) is 0 Å². The highest BCUT2D eigenvalue weighted by Crippen LogP contribution is 2.81. The van der Waals surface area contributed by atoms with Crippen molar-refractivity contribution in [1.29, 1.82) is 0 Å². The highest BCUT2D eigenvalue weighted by atomic mass is 35.5. The number of halogens is 16. The van der Waals surface area contributed by atoms with E-state index >= 15 is 0 Å². The molecule has 2 rings (SSSR count). The SMILES string of the molecule is FC(F)(F)C(F)(F)C1(F)C(Cl)(Cl)OC2(Cl)C(F)(F)C(F)(F)C(F)(F)C21F. The third kappa shape index (κ3) is 1.66. The summed E-state index contributed by atoms with van der Waals surface area (Å²) in [4.78, 5) is 0. The van der Waals surface area contributed by atoms with Crippen molar-refractivity contribution in [2.24, 2.45) is 0 Å². The first-order chi connectivity index (χ1) is 11.0. The van der Waals surface area contributed by atoms with Crippen molar-refractivity contribution < 1.29 is 61.8 Å². The maximum Gasteiger partial charge on any atom is 0.457 e. The Balaban J connectivity index is 3.03. The molecule has 0 bridgehead atoms. The number of ether oxygens (including phenoxy) is 1. The van der Waals surface area contributed by atoms with Gasteiger partial charge in [0.2, 0.25) is 0 Å². The molecule has 2 fully saturated rings. The van der Waals surface area contributed by atoms with E-state index in [9.17, 15) is 57.1 Å². The van der Waals surface area contributed by atoms with Crippen molar-refractivity contribution in [2.75, 3.05) is 0 Å². The van der Waals surface area contributed by atoms with Gasteiger partial charge in [-0.05, 0) is 0 Å². The normalized spacial score (nSPS) is 43.4. The van der Waals surface area contributed by atoms with Gasteiger partial charge in [-0.15, -0.1) is 0 Å². The lowest BCUT2D eigenvalue weighted by Gasteiger charge is -2.43. The van der Waals surface area contributed by atoms with Crippen LogP contribution < -0.4 is 0 Å². The molecule has 1 aliphatic carbocycles. The first kappa shape index (κ1) is 22.2. The van der Waals surface area contributed by atoms with Gasteiger partial charge in [-0.3, -0.25) is 0 Å². The second-order valence-corrected chi connectivity index (χ2v) is 7.12. The third-order valence-electron chi connectivity index (χ3n) is 4.00. The predicted octanol–water partition coefficient (Wildman–Crippen LogP) is 5.62. The highest BCUT2D eigenvalue weighted by molar-refractivity contribution is 6.49. The summed E-state index contributed by atoms with van der Waals surface area (Å²) in [5, 5.41) is -5.85. The Kier molecular flexibility index (Phi) is 4.04. The Bertz CT molecular complexity index is 647. The fraction of sp³-hybridized carbons (Fsp3) is 1.00. The molecule has 0 aromatic rings. The fourth-order valence-electron chi connectivity index (χ4n) is 2.65. The van der Waals surface area contributed by atoms with Gasteiger partial charge >= 0.3 is 29.9 Å². The lowest BCUT2D eigenvalue weighted by atomic mass is 9.77. The van der Waals surface area contributed by atoms with Crippen molar-refractivity contribution in [3.63, 3.8) is 0 Å². The molecular weight excluding hydrogens is 477 g/mol. The zero-order valence-corrected chi connectivity index (χ0v) is 13.2. The zero-order valence-electron chi connectivity index (χ0n) is 11.0. The lowest BCUT2D eigenvalue weighted by molar-refractivity contribution is -0.373. The second-order valence-electron chi connectivity index (χ2n) is 5.33. The van der Waals surface area contributed by atoms with E-state index in [0.29, 0.717) is 0 Å². The zero-order chi connectivity index (χ0) is 21.2. The largest absolute Gasteiger partial charge is 0.457 e. The van der Waals surface area contributed by atoms with Crippen LogP contribution in [0.25, 0.3) is 0 Å². The van der Waals surface area contributed by atoms with Gasteiger partial charge in [-0.1, -0.05) is 34.8 Å². The standard InChI is InChI=1S/C9Cl3F13O/c10-3-1(13,4(15,16)7(21,22)6(3,19)20)2(14,8(11,12)26-3)5(17,18)9(23,24)25. The van der Waals surface area contributed by atoms with Gasteiger partial charge in [-0.2, -0.15) is 48.3 Å². The molecule has 1 nitrogen and oxygen atoms in total. The Hall–Kier alpha value is -0.0800. The smallest absolute Gasteiger partial charge is 0.311 e. The molecule has 3 unspecified atom stereocenters. The predicted molar refractivity (Wildman–Crippen MR) is 57.6 cm³/mol. The van der Waals surface area contributed by atoms with Crippen LogP contribution in [0.4, 0.5) is 57.1 Å². The molecule has 0 amide bonds. The summed E-state index contributed by atoms with van der Waals surface area (Å²) in [5.74, 6) is -28.6. The van der Waals surface area contributed by atoms with E-state index in [1.54, 1.807) is 0 Å². The fourth-order valence-corrected chi connectivity index (χ4v) is 3.94. The topological polar surface area (TPSA) is 9.23 Å². The van der Waals surface area contributed by atoms with Crippen molar-refractivity contribution in [1.82, 2.24) is 0 Å². The van der Waals surface area contributed by atoms with E-state index < -0.39 is 50.8 Å². The van der Waals surface area contributed by atoms with E-state index in [1.165, 1.54) is 0 Å². The van der Waals surface area contributed by atoms with Crippen molar-refractivity contribution in [2.45, 2.75) is 50.8 Å². The molecule has 2 aliphatic rings. The van der Waals surface area contributed by atoms with E-state index in [1.807, 2.05) is 0 Å². The van der Waals surface area contributed by atoms with Crippen LogP contribution in [0.5, 0.6) is 0 Å². The molecule has 26 heavy (non-hydrogen) atoms. The molecule has 0 aromatic heterocycles. The molecule has 0 radical (unpaired) electrons. The van der Waals surface area contributed by atoms with Crippen molar-refractivity contribution in [3.8, 4) is 0 Å². The Morgan fingerprint density at radius 3 is 1.35 bits per heavy atom. The first-order valence-electron chi connectivity index (χ1n) is 5.68. The summed E-state index contributed by atoms with van der Waals surface area (Å²) in [6, 6.07) is 0. The van der Waals surface area contributed by atoms with E-state index in [2.05, 4.69) is 39.5 Å². The monoisotopic (exact) mass is 476 g/mol. The molecule has 1 saturated carbocycles. The summed E-state index contributed by atoms with van der Waals surface area (Å²) in [6.07, 6.45) is -7.33. The number of alkyl halides is 16. The highest BCUT2D eigenvalue weighted by Gasteiger charge is 3.11. The van der Waals surface area contributed by atoms with Gasteiger partial charge in [0.05, 0.1) is 0 Å². The van der Waals surface area contributed by atoms with Gasteiger partial charge in [0, 0.05) is 0 Å². The molecular formula is C9Cl3F13O. The summed E-state index contributed by atoms with van der Waals surface area (Å²) in [5.41, 5.74) is -13.9. The summed E-state index contributed by atoms with van der Waals surface area (Å²) >= 11 is 13.6.